The van der Waals surface area contributed by atoms with Gasteiger partial charge in [0.25, 0.3) is 0 Å². The van der Waals surface area contributed by atoms with Crippen LogP contribution in [-0.2, 0) is 11.3 Å². The number of piperidine rings is 1. The van der Waals surface area contributed by atoms with Crippen LogP contribution < -0.4 is 10.6 Å². The molecular formula is C17H27F2IN4O. The van der Waals surface area contributed by atoms with Crippen LogP contribution in [0.1, 0.15) is 18.4 Å². The zero-order chi connectivity index (χ0) is 17.4. The van der Waals surface area contributed by atoms with Crippen molar-refractivity contribution in [3.05, 3.63) is 35.4 Å². The maximum atomic E-state index is 13.6. The first-order valence-electron chi connectivity index (χ1n) is 8.24. The number of hydrogen-bond donors (Lipinski definition) is 2. The van der Waals surface area contributed by atoms with Crippen LogP contribution in [0.5, 0.6) is 0 Å². The average Bonchev–Trinajstić information content (AvgIpc) is 2.60. The van der Waals surface area contributed by atoms with E-state index >= 15 is 0 Å². The number of halogens is 3. The number of hydrogen-bond acceptors (Lipinski definition) is 3. The Morgan fingerprint density at radius 1 is 1.32 bits per heavy atom. The standard InChI is InChI=1S/C17H26F2N4O.HI/c1-20-17(21-12-13-11-14(18)3-4-16(13)19)22-15-5-7-23(8-6-15)9-10-24-2;/h3-4,11,15H,5-10,12H2,1-2H3,(H2,20,21,22);1H. The second-order valence-corrected chi connectivity index (χ2v) is 5.91. The third kappa shape index (κ3) is 7.41. The summed E-state index contributed by atoms with van der Waals surface area (Å²) in [6.07, 6.45) is 2.03. The number of likely N-dealkylation sites (tertiary alicyclic amines) is 1. The molecule has 1 heterocycles. The van der Waals surface area contributed by atoms with Gasteiger partial charge in [-0.15, -0.1) is 24.0 Å². The van der Waals surface area contributed by atoms with E-state index in [9.17, 15) is 8.78 Å². The number of benzene rings is 1. The number of aliphatic imine (C=N–C) groups is 1. The lowest BCUT2D eigenvalue weighted by Crippen LogP contribution is -2.48. The topological polar surface area (TPSA) is 48.9 Å². The molecule has 142 valence electrons. The molecule has 25 heavy (non-hydrogen) atoms. The molecule has 1 aliphatic heterocycles. The summed E-state index contributed by atoms with van der Waals surface area (Å²) in [6, 6.07) is 3.78. The Morgan fingerprint density at radius 2 is 2.04 bits per heavy atom. The Hall–Kier alpha value is -1.00. The number of ether oxygens (including phenoxy) is 1. The second-order valence-electron chi connectivity index (χ2n) is 5.91. The fraction of sp³-hybridized carbons (Fsp3) is 0.588. The molecule has 1 aromatic rings. The molecule has 2 N–H and O–H groups in total. The van der Waals surface area contributed by atoms with Gasteiger partial charge in [0.2, 0.25) is 0 Å². The van der Waals surface area contributed by atoms with Gasteiger partial charge in [-0.1, -0.05) is 0 Å². The minimum atomic E-state index is -0.445. The summed E-state index contributed by atoms with van der Waals surface area (Å²) in [4.78, 5) is 6.54. The van der Waals surface area contributed by atoms with Gasteiger partial charge in [-0.05, 0) is 31.0 Å². The lowest BCUT2D eigenvalue weighted by Gasteiger charge is -2.32. The Kier molecular flexibility index (Phi) is 10.2. The molecule has 0 bridgehead atoms. The summed E-state index contributed by atoms with van der Waals surface area (Å²) in [5.74, 6) is -0.264. The molecule has 0 radical (unpaired) electrons. The van der Waals surface area contributed by atoms with E-state index in [1.165, 1.54) is 6.07 Å². The molecule has 1 fully saturated rings. The van der Waals surface area contributed by atoms with Crippen LogP contribution in [0.3, 0.4) is 0 Å². The SMILES string of the molecule is CN=C(NCc1cc(F)ccc1F)NC1CCN(CCOC)CC1.I. The van der Waals surface area contributed by atoms with Gasteiger partial charge in [0.05, 0.1) is 6.61 Å². The van der Waals surface area contributed by atoms with E-state index in [2.05, 4.69) is 20.5 Å². The smallest absolute Gasteiger partial charge is 0.191 e. The van der Waals surface area contributed by atoms with Gasteiger partial charge < -0.3 is 20.3 Å². The van der Waals surface area contributed by atoms with Crippen LogP contribution in [-0.4, -0.2) is 57.3 Å². The van der Waals surface area contributed by atoms with Gasteiger partial charge in [0.1, 0.15) is 11.6 Å². The summed E-state index contributed by atoms with van der Waals surface area (Å²) in [5.41, 5.74) is 0.285. The summed E-state index contributed by atoms with van der Waals surface area (Å²) in [7, 11) is 3.39. The molecule has 0 unspecified atom stereocenters. The minimum Gasteiger partial charge on any atom is -0.383 e. The van der Waals surface area contributed by atoms with Crippen LogP contribution in [0.4, 0.5) is 8.78 Å². The van der Waals surface area contributed by atoms with Gasteiger partial charge in [0, 0.05) is 51.9 Å². The van der Waals surface area contributed by atoms with E-state index in [0.29, 0.717) is 12.0 Å². The van der Waals surface area contributed by atoms with E-state index in [-0.39, 0.29) is 36.1 Å². The number of guanidine groups is 1. The van der Waals surface area contributed by atoms with Crippen molar-refractivity contribution in [3.63, 3.8) is 0 Å². The molecule has 0 spiro atoms. The quantitative estimate of drug-likeness (QED) is 0.383. The van der Waals surface area contributed by atoms with Crippen molar-refractivity contribution in [2.75, 3.05) is 40.4 Å². The first-order chi connectivity index (χ1) is 11.6. The van der Waals surface area contributed by atoms with Crippen molar-refractivity contribution in [1.29, 1.82) is 0 Å². The van der Waals surface area contributed by atoms with E-state index in [1.807, 2.05) is 0 Å². The molecule has 1 aromatic carbocycles. The summed E-state index contributed by atoms with van der Waals surface area (Å²) in [6.45, 7) is 3.92. The van der Waals surface area contributed by atoms with Crippen molar-refractivity contribution in [1.82, 2.24) is 15.5 Å². The Balaban J connectivity index is 0.00000312. The third-order valence-corrected chi connectivity index (χ3v) is 4.22. The van der Waals surface area contributed by atoms with Crippen LogP contribution in [0, 0.1) is 11.6 Å². The molecule has 2 rings (SSSR count). The van der Waals surface area contributed by atoms with E-state index in [1.54, 1.807) is 14.2 Å². The molecule has 1 saturated heterocycles. The normalized spacial score (nSPS) is 16.4. The minimum absolute atomic E-state index is 0. The molecule has 0 saturated carbocycles. The molecule has 5 nitrogen and oxygen atoms in total. The first-order valence-corrected chi connectivity index (χ1v) is 8.24. The van der Waals surface area contributed by atoms with Gasteiger partial charge in [-0.25, -0.2) is 8.78 Å². The van der Waals surface area contributed by atoms with Crippen LogP contribution in [0.25, 0.3) is 0 Å². The Bertz CT molecular complexity index is 551. The van der Waals surface area contributed by atoms with E-state index < -0.39 is 11.6 Å². The average molecular weight is 468 g/mol. The molecule has 1 aliphatic rings. The lowest BCUT2D eigenvalue weighted by molar-refractivity contribution is 0.128. The molecule has 0 amide bonds. The fourth-order valence-electron chi connectivity index (χ4n) is 2.77. The van der Waals surface area contributed by atoms with E-state index in [0.717, 1.165) is 51.2 Å². The van der Waals surface area contributed by atoms with E-state index in [4.69, 9.17) is 4.74 Å². The third-order valence-electron chi connectivity index (χ3n) is 4.22. The van der Waals surface area contributed by atoms with Gasteiger partial charge in [-0.3, -0.25) is 4.99 Å². The highest BCUT2D eigenvalue weighted by Crippen LogP contribution is 2.11. The zero-order valence-electron chi connectivity index (χ0n) is 14.7. The van der Waals surface area contributed by atoms with Crippen molar-refractivity contribution in [2.45, 2.75) is 25.4 Å². The van der Waals surface area contributed by atoms with Crippen LogP contribution in [0.15, 0.2) is 23.2 Å². The van der Waals surface area contributed by atoms with Gasteiger partial charge in [0.15, 0.2) is 5.96 Å². The highest BCUT2D eigenvalue weighted by atomic mass is 127. The number of rotatable bonds is 6. The highest BCUT2D eigenvalue weighted by molar-refractivity contribution is 14.0. The maximum Gasteiger partial charge on any atom is 0.191 e. The summed E-state index contributed by atoms with van der Waals surface area (Å²) < 4.78 is 31.9. The first kappa shape index (κ1) is 22.0. The lowest BCUT2D eigenvalue weighted by atomic mass is 10.1. The van der Waals surface area contributed by atoms with Crippen molar-refractivity contribution < 1.29 is 13.5 Å². The number of nitrogens with one attached hydrogen (secondary N) is 2. The van der Waals surface area contributed by atoms with Gasteiger partial charge >= 0.3 is 0 Å². The summed E-state index contributed by atoms with van der Waals surface area (Å²) in [5, 5.41) is 6.40. The highest BCUT2D eigenvalue weighted by Gasteiger charge is 2.19. The number of methoxy groups -OCH3 is 1. The van der Waals surface area contributed by atoms with Crippen LogP contribution in [0.2, 0.25) is 0 Å². The van der Waals surface area contributed by atoms with Gasteiger partial charge in [-0.2, -0.15) is 0 Å². The molecule has 0 aromatic heterocycles. The Morgan fingerprint density at radius 3 is 2.68 bits per heavy atom. The Labute approximate surface area is 165 Å². The molecular weight excluding hydrogens is 441 g/mol. The number of nitrogens with zero attached hydrogens (tertiary/aromatic N) is 2. The zero-order valence-corrected chi connectivity index (χ0v) is 17.1. The molecule has 0 aliphatic carbocycles. The van der Waals surface area contributed by atoms with Crippen LogP contribution >= 0.6 is 24.0 Å². The predicted octanol–water partition coefficient (Wildman–Crippen LogP) is 2.36. The maximum absolute atomic E-state index is 13.6. The van der Waals surface area contributed by atoms with Crippen molar-refractivity contribution in [2.24, 2.45) is 4.99 Å². The second kappa shape index (κ2) is 11.6. The largest absolute Gasteiger partial charge is 0.383 e. The van der Waals surface area contributed by atoms with Crippen molar-refractivity contribution >= 4 is 29.9 Å². The molecule has 0 atom stereocenters. The predicted molar refractivity (Wildman–Crippen MR) is 106 cm³/mol. The summed E-state index contributed by atoms with van der Waals surface area (Å²) >= 11 is 0. The van der Waals surface area contributed by atoms with Crippen molar-refractivity contribution in [3.8, 4) is 0 Å². The fourth-order valence-corrected chi connectivity index (χ4v) is 2.77. The molecule has 8 heteroatoms. The monoisotopic (exact) mass is 468 g/mol.